The van der Waals surface area contributed by atoms with Crippen molar-refractivity contribution in [2.75, 3.05) is 14.2 Å². The molecule has 0 bridgehead atoms. The Hall–Kier alpha value is -3.16. The predicted molar refractivity (Wildman–Crippen MR) is 89.2 cm³/mol. The number of nitrogens with zero attached hydrogens (tertiary/aromatic N) is 6. The topological polar surface area (TPSA) is 79.4 Å². The average Bonchev–Trinajstić information content (AvgIpc) is 3.18. The summed E-state index contributed by atoms with van der Waals surface area (Å²) in [4.78, 5) is 0. The standard InChI is InChI=1S/C16H18N6O2/c1-11-7-12(2)22(20-11)16-19-17-10-21(16)18-9-13-8-14(23-3)5-6-15(13)24-4/h5-10H,1-4H3/b18-9+. The molecule has 0 fully saturated rings. The average molecular weight is 326 g/mol. The minimum atomic E-state index is 0.513. The first-order valence-electron chi connectivity index (χ1n) is 7.32. The van der Waals surface area contributed by atoms with E-state index in [4.69, 9.17) is 9.47 Å². The maximum atomic E-state index is 5.35. The van der Waals surface area contributed by atoms with E-state index in [0.717, 1.165) is 22.7 Å². The SMILES string of the molecule is COc1ccc(OC)c(/C=N/n2cnnc2-n2nc(C)cc2C)c1. The molecule has 2 heterocycles. The third-order valence-corrected chi connectivity index (χ3v) is 3.47. The molecule has 0 aliphatic carbocycles. The molecule has 0 spiro atoms. The van der Waals surface area contributed by atoms with Crippen LogP contribution in [0.3, 0.4) is 0 Å². The lowest BCUT2D eigenvalue weighted by Gasteiger charge is -2.07. The molecular formula is C16H18N6O2. The van der Waals surface area contributed by atoms with Gasteiger partial charge < -0.3 is 9.47 Å². The lowest BCUT2D eigenvalue weighted by Crippen LogP contribution is -2.06. The van der Waals surface area contributed by atoms with Gasteiger partial charge in [-0.3, -0.25) is 0 Å². The van der Waals surface area contributed by atoms with Crippen molar-refractivity contribution in [2.24, 2.45) is 5.10 Å². The van der Waals surface area contributed by atoms with E-state index in [1.54, 1.807) is 29.8 Å². The van der Waals surface area contributed by atoms with Crippen molar-refractivity contribution in [2.45, 2.75) is 13.8 Å². The highest BCUT2D eigenvalue weighted by atomic mass is 16.5. The van der Waals surface area contributed by atoms with Gasteiger partial charge in [0, 0.05) is 11.3 Å². The number of benzene rings is 1. The smallest absolute Gasteiger partial charge is 0.273 e. The van der Waals surface area contributed by atoms with Crippen LogP contribution in [0, 0.1) is 13.8 Å². The van der Waals surface area contributed by atoms with E-state index in [1.165, 1.54) is 6.33 Å². The van der Waals surface area contributed by atoms with Crippen molar-refractivity contribution in [3.05, 3.63) is 47.5 Å². The molecule has 8 heteroatoms. The molecule has 2 aromatic heterocycles. The van der Waals surface area contributed by atoms with Crippen molar-refractivity contribution in [1.29, 1.82) is 0 Å². The van der Waals surface area contributed by atoms with E-state index in [-0.39, 0.29) is 0 Å². The van der Waals surface area contributed by atoms with Crippen LogP contribution in [0.25, 0.3) is 5.95 Å². The van der Waals surface area contributed by atoms with Gasteiger partial charge in [-0.1, -0.05) is 0 Å². The largest absolute Gasteiger partial charge is 0.497 e. The minimum Gasteiger partial charge on any atom is -0.497 e. The molecule has 0 saturated heterocycles. The number of aromatic nitrogens is 5. The highest BCUT2D eigenvalue weighted by Gasteiger charge is 2.10. The fourth-order valence-electron chi connectivity index (χ4n) is 2.34. The highest BCUT2D eigenvalue weighted by molar-refractivity contribution is 5.84. The van der Waals surface area contributed by atoms with Gasteiger partial charge >= 0.3 is 0 Å². The van der Waals surface area contributed by atoms with Gasteiger partial charge in [-0.25, -0.2) is 4.68 Å². The van der Waals surface area contributed by atoms with Gasteiger partial charge in [-0.2, -0.15) is 14.9 Å². The lowest BCUT2D eigenvalue weighted by molar-refractivity contribution is 0.402. The Morgan fingerprint density at radius 2 is 1.96 bits per heavy atom. The molecule has 0 radical (unpaired) electrons. The first-order valence-corrected chi connectivity index (χ1v) is 7.32. The Morgan fingerprint density at radius 1 is 1.12 bits per heavy atom. The second-order valence-electron chi connectivity index (χ2n) is 5.17. The Morgan fingerprint density at radius 3 is 2.62 bits per heavy atom. The Kier molecular flexibility index (Phi) is 4.28. The highest BCUT2D eigenvalue weighted by Crippen LogP contribution is 2.22. The Bertz CT molecular complexity index is 881. The van der Waals surface area contributed by atoms with E-state index in [2.05, 4.69) is 20.4 Å². The summed E-state index contributed by atoms with van der Waals surface area (Å²) in [5, 5.41) is 16.8. The van der Waals surface area contributed by atoms with Gasteiger partial charge in [-0.15, -0.1) is 10.2 Å². The third kappa shape index (κ3) is 2.98. The lowest BCUT2D eigenvalue weighted by atomic mass is 10.2. The van der Waals surface area contributed by atoms with Crippen molar-refractivity contribution in [3.8, 4) is 17.4 Å². The zero-order chi connectivity index (χ0) is 17.1. The first-order chi connectivity index (χ1) is 11.6. The summed E-state index contributed by atoms with van der Waals surface area (Å²) in [5.41, 5.74) is 2.64. The third-order valence-electron chi connectivity index (χ3n) is 3.47. The number of aryl methyl sites for hydroxylation is 2. The van der Waals surface area contributed by atoms with E-state index in [1.807, 2.05) is 38.1 Å². The summed E-state index contributed by atoms with van der Waals surface area (Å²) in [7, 11) is 3.22. The van der Waals surface area contributed by atoms with Crippen molar-refractivity contribution >= 4 is 6.21 Å². The van der Waals surface area contributed by atoms with E-state index in [0.29, 0.717) is 11.7 Å². The number of rotatable bonds is 5. The van der Waals surface area contributed by atoms with E-state index >= 15 is 0 Å². The summed E-state index contributed by atoms with van der Waals surface area (Å²) < 4.78 is 13.8. The quantitative estimate of drug-likeness (QED) is 0.670. The zero-order valence-corrected chi connectivity index (χ0v) is 14.0. The summed E-state index contributed by atoms with van der Waals surface area (Å²) in [6.45, 7) is 3.88. The summed E-state index contributed by atoms with van der Waals surface area (Å²) in [5.74, 6) is 1.93. The molecule has 0 aliphatic rings. The van der Waals surface area contributed by atoms with Crippen molar-refractivity contribution in [1.82, 2.24) is 24.7 Å². The maximum Gasteiger partial charge on any atom is 0.273 e. The van der Waals surface area contributed by atoms with Gasteiger partial charge in [0.15, 0.2) is 0 Å². The number of methoxy groups -OCH3 is 2. The zero-order valence-electron chi connectivity index (χ0n) is 14.0. The van der Waals surface area contributed by atoms with E-state index < -0.39 is 0 Å². The molecule has 0 N–H and O–H groups in total. The first kappa shape index (κ1) is 15.7. The summed E-state index contributed by atoms with van der Waals surface area (Å²) in [6, 6.07) is 7.47. The Labute approximate surface area is 139 Å². The van der Waals surface area contributed by atoms with Gasteiger partial charge in [0.25, 0.3) is 5.95 Å². The molecule has 1 aromatic carbocycles. The fourth-order valence-corrected chi connectivity index (χ4v) is 2.34. The molecule has 0 unspecified atom stereocenters. The molecular weight excluding hydrogens is 308 g/mol. The molecule has 3 rings (SSSR count). The van der Waals surface area contributed by atoms with Gasteiger partial charge in [0.1, 0.15) is 17.8 Å². The minimum absolute atomic E-state index is 0.513. The molecule has 124 valence electrons. The molecule has 0 atom stereocenters. The van der Waals surface area contributed by atoms with Crippen LogP contribution in [0.2, 0.25) is 0 Å². The van der Waals surface area contributed by atoms with Crippen LogP contribution in [-0.4, -0.2) is 45.1 Å². The summed E-state index contributed by atoms with van der Waals surface area (Å²) >= 11 is 0. The van der Waals surface area contributed by atoms with Crippen LogP contribution >= 0.6 is 0 Å². The van der Waals surface area contributed by atoms with Crippen LogP contribution < -0.4 is 9.47 Å². The molecule has 0 amide bonds. The fraction of sp³-hybridized carbons (Fsp3) is 0.250. The molecule has 0 saturated carbocycles. The molecule has 24 heavy (non-hydrogen) atoms. The van der Waals surface area contributed by atoms with Gasteiger partial charge in [-0.05, 0) is 38.1 Å². The van der Waals surface area contributed by atoms with Crippen LogP contribution in [0.1, 0.15) is 17.0 Å². The predicted octanol–water partition coefficient (Wildman–Crippen LogP) is 1.98. The number of hydrogen-bond donors (Lipinski definition) is 0. The normalized spacial score (nSPS) is 11.2. The van der Waals surface area contributed by atoms with E-state index in [9.17, 15) is 0 Å². The van der Waals surface area contributed by atoms with Crippen molar-refractivity contribution in [3.63, 3.8) is 0 Å². The second-order valence-corrected chi connectivity index (χ2v) is 5.17. The van der Waals surface area contributed by atoms with Crippen LogP contribution in [0.15, 0.2) is 35.7 Å². The van der Waals surface area contributed by atoms with Gasteiger partial charge in [0.2, 0.25) is 0 Å². The molecule has 0 aliphatic heterocycles. The van der Waals surface area contributed by atoms with Crippen LogP contribution in [-0.2, 0) is 0 Å². The van der Waals surface area contributed by atoms with Gasteiger partial charge in [0.05, 0.1) is 26.1 Å². The van der Waals surface area contributed by atoms with Crippen LogP contribution in [0.5, 0.6) is 11.5 Å². The number of ether oxygens (including phenoxy) is 2. The molecule has 8 nitrogen and oxygen atoms in total. The number of hydrogen-bond acceptors (Lipinski definition) is 6. The van der Waals surface area contributed by atoms with Crippen LogP contribution in [0.4, 0.5) is 0 Å². The van der Waals surface area contributed by atoms with Crippen molar-refractivity contribution < 1.29 is 9.47 Å². The maximum absolute atomic E-state index is 5.35. The summed E-state index contributed by atoms with van der Waals surface area (Å²) in [6.07, 6.45) is 3.19. The molecule has 3 aromatic rings. The Balaban J connectivity index is 1.97. The monoisotopic (exact) mass is 326 g/mol. The second kappa shape index (κ2) is 6.53.